The summed E-state index contributed by atoms with van der Waals surface area (Å²) < 4.78 is 0.943. The van der Waals surface area contributed by atoms with E-state index in [-0.39, 0.29) is 0 Å². The Kier molecular flexibility index (Phi) is 2.10. The molecule has 0 unspecified atom stereocenters. The van der Waals surface area contributed by atoms with Crippen LogP contribution in [-0.4, -0.2) is 11.3 Å². The highest BCUT2D eigenvalue weighted by molar-refractivity contribution is 9.10. The number of nitrogens with zero attached hydrogens (tertiary/aromatic N) is 1. The van der Waals surface area contributed by atoms with Gasteiger partial charge in [-0.1, -0.05) is 12.1 Å². The van der Waals surface area contributed by atoms with Crippen LogP contribution < -0.4 is 0 Å². The van der Waals surface area contributed by atoms with Crippen LogP contribution in [0.15, 0.2) is 34.9 Å². The SMILES string of the molecule is O=Cc1ccc2cc(Br)cnc2c1. The Morgan fingerprint density at radius 3 is 2.92 bits per heavy atom. The molecule has 1 aromatic carbocycles. The highest BCUT2D eigenvalue weighted by atomic mass is 79.9. The highest BCUT2D eigenvalue weighted by Gasteiger charge is 1.97. The minimum atomic E-state index is 0.655. The summed E-state index contributed by atoms with van der Waals surface area (Å²) in [7, 11) is 0. The normalized spacial score (nSPS) is 10.2. The first-order valence-corrected chi connectivity index (χ1v) is 4.59. The molecule has 0 aliphatic rings. The Morgan fingerprint density at radius 2 is 2.15 bits per heavy atom. The number of halogens is 1. The molecule has 0 atom stereocenters. The van der Waals surface area contributed by atoms with E-state index in [1.807, 2.05) is 12.1 Å². The molecule has 1 heterocycles. The summed E-state index contributed by atoms with van der Waals surface area (Å²) in [5.41, 5.74) is 1.50. The summed E-state index contributed by atoms with van der Waals surface area (Å²) in [6.07, 6.45) is 2.54. The lowest BCUT2D eigenvalue weighted by atomic mass is 10.1. The maximum Gasteiger partial charge on any atom is 0.150 e. The van der Waals surface area contributed by atoms with Gasteiger partial charge in [0.15, 0.2) is 0 Å². The number of carbonyl (C=O) groups excluding carboxylic acids is 1. The number of hydrogen-bond donors (Lipinski definition) is 0. The van der Waals surface area contributed by atoms with Crippen molar-refractivity contribution in [2.24, 2.45) is 0 Å². The summed E-state index contributed by atoms with van der Waals surface area (Å²) in [5, 5.41) is 1.03. The van der Waals surface area contributed by atoms with Crippen molar-refractivity contribution in [1.29, 1.82) is 0 Å². The van der Waals surface area contributed by atoms with Crippen LogP contribution in [-0.2, 0) is 0 Å². The van der Waals surface area contributed by atoms with Crippen molar-refractivity contribution in [3.05, 3.63) is 40.5 Å². The molecule has 0 aliphatic heterocycles. The van der Waals surface area contributed by atoms with E-state index >= 15 is 0 Å². The molecule has 3 heteroatoms. The van der Waals surface area contributed by atoms with Gasteiger partial charge >= 0.3 is 0 Å². The Bertz CT molecular complexity index is 467. The molecule has 2 rings (SSSR count). The number of fused-ring (bicyclic) bond motifs is 1. The summed E-state index contributed by atoms with van der Waals surface area (Å²) in [4.78, 5) is 14.7. The third-order valence-corrected chi connectivity index (χ3v) is 2.24. The fourth-order valence-corrected chi connectivity index (χ4v) is 1.53. The van der Waals surface area contributed by atoms with Crippen LogP contribution in [0, 0.1) is 0 Å². The molecule has 0 aliphatic carbocycles. The number of pyridine rings is 1. The molecule has 2 aromatic rings. The number of aldehydes is 1. The van der Waals surface area contributed by atoms with Gasteiger partial charge in [-0.05, 0) is 28.1 Å². The molecular weight excluding hydrogens is 230 g/mol. The molecule has 0 amide bonds. The lowest BCUT2D eigenvalue weighted by molar-refractivity contribution is 0.112. The molecule has 0 spiro atoms. The fourth-order valence-electron chi connectivity index (χ4n) is 1.18. The molecular formula is C10H6BrNO. The smallest absolute Gasteiger partial charge is 0.150 e. The zero-order valence-electron chi connectivity index (χ0n) is 6.70. The lowest BCUT2D eigenvalue weighted by Gasteiger charge is -1.97. The highest BCUT2D eigenvalue weighted by Crippen LogP contribution is 2.17. The van der Waals surface area contributed by atoms with Crippen LogP contribution in [0.2, 0.25) is 0 Å². The van der Waals surface area contributed by atoms with Gasteiger partial charge in [0.05, 0.1) is 5.52 Å². The second kappa shape index (κ2) is 3.26. The van der Waals surface area contributed by atoms with E-state index in [2.05, 4.69) is 20.9 Å². The van der Waals surface area contributed by atoms with Gasteiger partial charge in [-0.2, -0.15) is 0 Å². The number of hydrogen-bond acceptors (Lipinski definition) is 2. The first-order valence-electron chi connectivity index (χ1n) is 3.80. The first-order chi connectivity index (χ1) is 6.29. The van der Waals surface area contributed by atoms with Crippen LogP contribution in [0.5, 0.6) is 0 Å². The van der Waals surface area contributed by atoms with Crippen LogP contribution >= 0.6 is 15.9 Å². The van der Waals surface area contributed by atoms with Crippen LogP contribution in [0.3, 0.4) is 0 Å². The molecule has 0 saturated carbocycles. The second-order valence-electron chi connectivity index (χ2n) is 2.72. The summed E-state index contributed by atoms with van der Waals surface area (Å²) in [5.74, 6) is 0. The quantitative estimate of drug-likeness (QED) is 0.712. The summed E-state index contributed by atoms with van der Waals surface area (Å²) >= 11 is 3.34. The number of rotatable bonds is 1. The van der Waals surface area contributed by atoms with E-state index in [1.165, 1.54) is 0 Å². The third kappa shape index (κ3) is 1.60. The molecule has 0 bridgehead atoms. The molecule has 0 saturated heterocycles. The first kappa shape index (κ1) is 8.38. The van der Waals surface area contributed by atoms with E-state index in [1.54, 1.807) is 18.3 Å². The lowest BCUT2D eigenvalue weighted by Crippen LogP contribution is -1.82. The zero-order chi connectivity index (χ0) is 9.26. The molecule has 13 heavy (non-hydrogen) atoms. The van der Waals surface area contributed by atoms with Crippen molar-refractivity contribution in [2.45, 2.75) is 0 Å². The van der Waals surface area contributed by atoms with Crippen LogP contribution in [0.1, 0.15) is 10.4 Å². The van der Waals surface area contributed by atoms with Gasteiger partial charge in [-0.25, -0.2) is 0 Å². The van der Waals surface area contributed by atoms with Gasteiger partial charge in [-0.15, -0.1) is 0 Å². The Labute approximate surface area is 83.7 Å². The van der Waals surface area contributed by atoms with E-state index < -0.39 is 0 Å². The average Bonchev–Trinajstić information content (AvgIpc) is 2.17. The van der Waals surface area contributed by atoms with Crippen molar-refractivity contribution in [1.82, 2.24) is 4.98 Å². The molecule has 0 fully saturated rings. The summed E-state index contributed by atoms with van der Waals surface area (Å²) in [6.45, 7) is 0. The number of carbonyl (C=O) groups is 1. The van der Waals surface area contributed by atoms with Crippen molar-refractivity contribution in [3.8, 4) is 0 Å². The van der Waals surface area contributed by atoms with Gasteiger partial charge in [0.2, 0.25) is 0 Å². The van der Waals surface area contributed by atoms with E-state index in [9.17, 15) is 4.79 Å². The van der Waals surface area contributed by atoms with E-state index in [4.69, 9.17) is 0 Å². The van der Waals surface area contributed by atoms with Crippen LogP contribution in [0.4, 0.5) is 0 Å². The maximum atomic E-state index is 10.5. The minimum Gasteiger partial charge on any atom is -0.298 e. The van der Waals surface area contributed by atoms with Crippen molar-refractivity contribution < 1.29 is 4.79 Å². The van der Waals surface area contributed by atoms with Crippen molar-refractivity contribution >= 4 is 33.1 Å². The minimum absolute atomic E-state index is 0.655. The average molecular weight is 236 g/mol. The number of aromatic nitrogens is 1. The fraction of sp³-hybridized carbons (Fsp3) is 0. The monoisotopic (exact) mass is 235 g/mol. The van der Waals surface area contributed by atoms with E-state index in [0.29, 0.717) is 5.56 Å². The van der Waals surface area contributed by atoms with Gasteiger partial charge in [-0.3, -0.25) is 9.78 Å². The molecule has 0 N–H and O–H groups in total. The maximum absolute atomic E-state index is 10.5. The predicted molar refractivity (Wildman–Crippen MR) is 54.8 cm³/mol. The van der Waals surface area contributed by atoms with Crippen molar-refractivity contribution in [2.75, 3.05) is 0 Å². The predicted octanol–water partition coefficient (Wildman–Crippen LogP) is 2.81. The standard InChI is InChI=1S/C10H6BrNO/c11-9-4-8-2-1-7(6-13)3-10(8)12-5-9/h1-6H. The zero-order valence-corrected chi connectivity index (χ0v) is 8.28. The Hall–Kier alpha value is -1.22. The summed E-state index contributed by atoms with van der Waals surface area (Å²) in [6, 6.07) is 7.41. The number of benzene rings is 1. The largest absolute Gasteiger partial charge is 0.298 e. The van der Waals surface area contributed by atoms with E-state index in [0.717, 1.165) is 21.7 Å². The molecule has 64 valence electrons. The Morgan fingerprint density at radius 1 is 1.31 bits per heavy atom. The topological polar surface area (TPSA) is 30.0 Å². The molecule has 2 nitrogen and oxygen atoms in total. The third-order valence-electron chi connectivity index (χ3n) is 1.81. The molecule has 0 radical (unpaired) electrons. The van der Waals surface area contributed by atoms with Gasteiger partial charge in [0, 0.05) is 21.6 Å². The Balaban J connectivity index is 2.73. The van der Waals surface area contributed by atoms with Gasteiger partial charge in [0.25, 0.3) is 0 Å². The van der Waals surface area contributed by atoms with Crippen molar-refractivity contribution in [3.63, 3.8) is 0 Å². The van der Waals surface area contributed by atoms with Gasteiger partial charge in [0.1, 0.15) is 6.29 Å². The van der Waals surface area contributed by atoms with Gasteiger partial charge < -0.3 is 0 Å². The van der Waals surface area contributed by atoms with Crippen LogP contribution in [0.25, 0.3) is 10.9 Å². The molecule has 1 aromatic heterocycles. The second-order valence-corrected chi connectivity index (χ2v) is 3.64.